The average Bonchev–Trinajstić information content (AvgIpc) is 2.22. The number of primary amides is 1. The molecular formula is C10H12BrFN2O2. The van der Waals surface area contributed by atoms with Gasteiger partial charge < -0.3 is 15.8 Å². The van der Waals surface area contributed by atoms with E-state index in [4.69, 9.17) is 5.73 Å². The van der Waals surface area contributed by atoms with Crippen LogP contribution in [0.2, 0.25) is 0 Å². The number of halogens is 2. The zero-order chi connectivity index (χ0) is 12.0. The maximum absolute atomic E-state index is 13.2. The molecule has 0 saturated heterocycles. The molecule has 0 aliphatic carbocycles. The lowest BCUT2D eigenvalue weighted by molar-refractivity contribution is 0.157. The molecule has 0 aliphatic rings. The van der Waals surface area contributed by atoms with Crippen molar-refractivity contribution in [3.05, 3.63) is 34.1 Å². The zero-order valence-corrected chi connectivity index (χ0v) is 10.1. The fourth-order valence-corrected chi connectivity index (χ4v) is 1.53. The predicted molar refractivity (Wildman–Crippen MR) is 61.3 cm³/mol. The molecule has 0 aliphatic heterocycles. The fraction of sp³-hybridized carbons (Fsp3) is 0.300. The Balaban J connectivity index is 2.31. The maximum atomic E-state index is 13.2. The quantitative estimate of drug-likeness (QED) is 0.813. The van der Waals surface area contributed by atoms with Crippen molar-refractivity contribution in [2.45, 2.75) is 6.54 Å². The van der Waals surface area contributed by atoms with Gasteiger partial charge >= 0.3 is 6.09 Å². The first-order valence-electron chi connectivity index (χ1n) is 4.66. The third-order valence-electron chi connectivity index (χ3n) is 1.85. The van der Waals surface area contributed by atoms with E-state index in [0.29, 0.717) is 18.7 Å². The summed E-state index contributed by atoms with van der Waals surface area (Å²) >= 11 is 3.26. The zero-order valence-electron chi connectivity index (χ0n) is 8.50. The lowest BCUT2D eigenvalue weighted by Crippen LogP contribution is -2.23. The maximum Gasteiger partial charge on any atom is 0.404 e. The molecule has 0 bridgehead atoms. The van der Waals surface area contributed by atoms with E-state index in [1.54, 1.807) is 12.1 Å². The Morgan fingerprint density at radius 2 is 2.31 bits per heavy atom. The Morgan fingerprint density at radius 1 is 1.56 bits per heavy atom. The molecule has 0 radical (unpaired) electrons. The fourth-order valence-electron chi connectivity index (χ4n) is 1.13. The van der Waals surface area contributed by atoms with Crippen LogP contribution in [0.4, 0.5) is 9.18 Å². The summed E-state index contributed by atoms with van der Waals surface area (Å²) in [6.45, 7) is 0.966. The topological polar surface area (TPSA) is 64.4 Å². The van der Waals surface area contributed by atoms with E-state index in [0.717, 1.165) is 4.47 Å². The molecule has 0 saturated carbocycles. The molecule has 88 valence electrons. The van der Waals surface area contributed by atoms with Crippen LogP contribution in [0.1, 0.15) is 5.56 Å². The summed E-state index contributed by atoms with van der Waals surface area (Å²) in [6.07, 6.45) is -0.810. The van der Waals surface area contributed by atoms with E-state index < -0.39 is 6.09 Å². The molecule has 3 N–H and O–H groups in total. The number of ether oxygens (including phenoxy) is 1. The predicted octanol–water partition coefficient (Wildman–Crippen LogP) is 1.77. The number of carbonyl (C=O) groups is 1. The van der Waals surface area contributed by atoms with Crippen molar-refractivity contribution >= 4 is 22.0 Å². The van der Waals surface area contributed by atoms with Crippen LogP contribution < -0.4 is 11.1 Å². The summed E-state index contributed by atoms with van der Waals surface area (Å²) in [5, 5.41) is 2.93. The van der Waals surface area contributed by atoms with E-state index in [9.17, 15) is 9.18 Å². The first-order chi connectivity index (χ1) is 7.59. The molecule has 6 heteroatoms. The molecule has 0 heterocycles. The van der Waals surface area contributed by atoms with E-state index in [-0.39, 0.29) is 12.4 Å². The summed E-state index contributed by atoms with van der Waals surface area (Å²) in [5.74, 6) is -0.272. The monoisotopic (exact) mass is 290 g/mol. The molecule has 1 aromatic rings. The summed E-state index contributed by atoms with van der Waals surface area (Å²) in [4.78, 5) is 10.2. The van der Waals surface area contributed by atoms with Crippen molar-refractivity contribution in [2.75, 3.05) is 13.2 Å². The number of nitrogens with two attached hydrogens (primary N) is 1. The van der Waals surface area contributed by atoms with Crippen LogP contribution in [0.3, 0.4) is 0 Å². The largest absolute Gasteiger partial charge is 0.448 e. The third-order valence-corrected chi connectivity index (χ3v) is 2.34. The molecule has 1 aromatic carbocycles. The van der Waals surface area contributed by atoms with E-state index in [1.807, 2.05) is 0 Å². The summed E-state index contributed by atoms with van der Waals surface area (Å²) < 4.78 is 18.6. The smallest absolute Gasteiger partial charge is 0.404 e. The molecule has 0 spiro atoms. The highest BCUT2D eigenvalue weighted by molar-refractivity contribution is 9.10. The summed E-state index contributed by atoms with van der Waals surface area (Å²) in [7, 11) is 0. The number of hydrogen-bond donors (Lipinski definition) is 2. The molecule has 0 atom stereocenters. The van der Waals surface area contributed by atoms with Gasteiger partial charge in [-0.3, -0.25) is 0 Å². The van der Waals surface area contributed by atoms with Crippen molar-refractivity contribution in [3.63, 3.8) is 0 Å². The Bertz CT molecular complexity index is 374. The lowest BCUT2D eigenvalue weighted by Gasteiger charge is -2.06. The van der Waals surface area contributed by atoms with Gasteiger partial charge in [-0.25, -0.2) is 9.18 Å². The molecule has 0 aromatic heterocycles. The second kappa shape index (κ2) is 6.44. The Kier molecular flexibility index (Phi) is 5.21. The van der Waals surface area contributed by atoms with E-state index in [2.05, 4.69) is 26.0 Å². The molecular weight excluding hydrogens is 279 g/mol. The van der Waals surface area contributed by atoms with Crippen LogP contribution >= 0.6 is 15.9 Å². The van der Waals surface area contributed by atoms with Crippen LogP contribution in [0.25, 0.3) is 0 Å². The first kappa shape index (κ1) is 12.9. The highest BCUT2D eigenvalue weighted by atomic mass is 79.9. The first-order valence-corrected chi connectivity index (χ1v) is 5.46. The molecule has 1 rings (SSSR count). The molecule has 0 unspecified atom stereocenters. The van der Waals surface area contributed by atoms with Crippen molar-refractivity contribution in [1.29, 1.82) is 0 Å². The van der Waals surface area contributed by atoms with Gasteiger partial charge in [0.1, 0.15) is 12.4 Å². The number of benzene rings is 1. The molecule has 4 nitrogen and oxygen atoms in total. The number of amides is 1. The normalized spacial score (nSPS) is 10.1. The minimum atomic E-state index is -0.810. The van der Waals surface area contributed by atoms with Crippen LogP contribution in [0, 0.1) is 5.82 Å². The minimum Gasteiger partial charge on any atom is -0.448 e. The van der Waals surface area contributed by atoms with Crippen molar-refractivity contribution in [3.8, 4) is 0 Å². The van der Waals surface area contributed by atoms with Crippen molar-refractivity contribution < 1.29 is 13.9 Å². The molecule has 0 fully saturated rings. The van der Waals surface area contributed by atoms with Crippen LogP contribution in [0.15, 0.2) is 22.7 Å². The van der Waals surface area contributed by atoms with Crippen molar-refractivity contribution in [2.24, 2.45) is 5.73 Å². The molecule has 1 amide bonds. The number of hydrogen-bond acceptors (Lipinski definition) is 3. The Morgan fingerprint density at radius 3 is 3.00 bits per heavy atom. The van der Waals surface area contributed by atoms with Gasteiger partial charge in [0.2, 0.25) is 0 Å². The lowest BCUT2D eigenvalue weighted by atomic mass is 10.2. The van der Waals surface area contributed by atoms with Crippen molar-refractivity contribution in [1.82, 2.24) is 5.32 Å². The second-order valence-corrected chi connectivity index (χ2v) is 4.00. The number of carbonyl (C=O) groups excluding carboxylic acids is 1. The SMILES string of the molecule is NC(=O)OCCNCc1cc(Br)ccc1F. The van der Waals surface area contributed by atoms with Gasteiger partial charge in [0, 0.05) is 23.1 Å². The van der Waals surface area contributed by atoms with E-state index in [1.165, 1.54) is 6.07 Å². The van der Waals surface area contributed by atoms with Gasteiger partial charge in [-0.15, -0.1) is 0 Å². The van der Waals surface area contributed by atoms with Gasteiger partial charge in [0.15, 0.2) is 0 Å². The average molecular weight is 291 g/mol. The van der Waals surface area contributed by atoms with Gasteiger partial charge in [0.05, 0.1) is 0 Å². The summed E-state index contributed by atoms with van der Waals surface area (Å²) in [5.41, 5.74) is 5.32. The van der Waals surface area contributed by atoms with Gasteiger partial charge in [0.25, 0.3) is 0 Å². The number of nitrogens with one attached hydrogen (secondary N) is 1. The third kappa shape index (κ3) is 4.59. The highest BCUT2D eigenvalue weighted by Crippen LogP contribution is 2.15. The van der Waals surface area contributed by atoms with Crippen LogP contribution in [-0.4, -0.2) is 19.2 Å². The van der Waals surface area contributed by atoms with Gasteiger partial charge in [-0.1, -0.05) is 15.9 Å². The Labute approximate surface area is 101 Å². The van der Waals surface area contributed by atoms with Crippen LogP contribution in [0.5, 0.6) is 0 Å². The van der Waals surface area contributed by atoms with E-state index >= 15 is 0 Å². The minimum absolute atomic E-state index is 0.172. The van der Waals surface area contributed by atoms with Gasteiger partial charge in [-0.2, -0.15) is 0 Å². The van der Waals surface area contributed by atoms with Crippen LogP contribution in [-0.2, 0) is 11.3 Å². The summed E-state index contributed by atoms with van der Waals surface area (Å²) in [6, 6.07) is 4.72. The standard InChI is InChI=1S/C10H12BrFN2O2/c11-8-1-2-9(12)7(5-8)6-14-3-4-16-10(13)15/h1-2,5,14H,3-4,6H2,(H2,13,15). The molecule has 16 heavy (non-hydrogen) atoms. The Hall–Kier alpha value is -1.14. The number of rotatable bonds is 5. The van der Waals surface area contributed by atoms with Gasteiger partial charge in [-0.05, 0) is 18.2 Å². The second-order valence-electron chi connectivity index (χ2n) is 3.08. The highest BCUT2D eigenvalue weighted by Gasteiger charge is 2.02.